The molecule has 0 radical (unpaired) electrons. The van der Waals surface area contributed by atoms with Crippen molar-refractivity contribution in [3.63, 3.8) is 0 Å². The van der Waals surface area contributed by atoms with Gasteiger partial charge in [0.05, 0.1) is 10.5 Å². The van der Waals surface area contributed by atoms with E-state index in [1.165, 1.54) is 31.0 Å². The number of likely N-dealkylation sites (tertiary alicyclic amines) is 2. The van der Waals surface area contributed by atoms with E-state index in [9.17, 15) is 14.9 Å². The van der Waals surface area contributed by atoms with Gasteiger partial charge in [0.25, 0.3) is 11.6 Å². The topological polar surface area (TPSA) is 75.9 Å². The summed E-state index contributed by atoms with van der Waals surface area (Å²) >= 11 is 0. The third kappa shape index (κ3) is 5.46. The molecule has 2 aromatic carbocycles. The first-order valence-electron chi connectivity index (χ1n) is 11.5. The number of benzene rings is 2. The molecule has 2 aliphatic heterocycles. The molecule has 2 heterocycles. The lowest BCUT2D eigenvalue weighted by Crippen LogP contribution is -2.45. The zero-order valence-electron chi connectivity index (χ0n) is 18.6. The second-order valence-electron chi connectivity index (χ2n) is 9.10. The average molecular weight is 438 g/mol. The number of nitro benzene ring substituents is 1. The molecular formula is C25H31N3O4. The Morgan fingerprint density at radius 2 is 1.84 bits per heavy atom. The van der Waals surface area contributed by atoms with Crippen LogP contribution in [0.2, 0.25) is 0 Å². The summed E-state index contributed by atoms with van der Waals surface area (Å²) in [5, 5.41) is 11.4. The summed E-state index contributed by atoms with van der Waals surface area (Å²) in [5.74, 6) is 1.97. The molecule has 2 fully saturated rings. The lowest BCUT2D eigenvalue weighted by atomic mass is 9.94. The van der Waals surface area contributed by atoms with E-state index in [0.29, 0.717) is 30.5 Å². The number of carbonyl (C=O) groups is 1. The molecule has 2 aromatic rings. The molecule has 0 aliphatic carbocycles. The van der Waals surface area contributed by atoms with Gasteiger partial charge in [0.2, 0.25) is 0 Å². The van der Waals surface area contributed by atoms with Crippen molar-refractivity contribution in [2.45, 2.75) is 32.6 Å². The van der Waals surface area contributed by atoms with E-state index in [1.807, 2.05) is 23.1 Å². The second kappa shape index (κ2) is 10.1. The number of hydrogen-bond acceptors (Lipinski definition) is 5. The number of non-ortho nitro benzene ring substituents is 1. The molecule has 0 saturated carbocycles. The highest BCUT2D eigenvalue weighted by molar-refractivity contribution is 5.97. The molecule has 7 heteroatoms. The summed E-state index contributed by atoms with van der Waals surface area (Å²) in [4.78, 5) is 28.7. The van der Waals surface area contributed by atoms with Crippen molar-refractivity contribution in [3.8, 4) is 11.5 Å². The zero-order chi connectivity index (χ0) is 22.5. The maximum Gasteiger partial charge on any atom is 0.270 e. The van der Waals surface area contributed by atoms with Crippen molar-refractivity contribution in [1.29, 1.82) is 0 Å². The lowest BCUT2D eigenvalue weighted by molar-refractivity contribution is -0.384. The molecule has 7 nitrogen and oxygen atoms in total. The number of para-hydroxylation sites is 1. The Balaban J connectivity index is 1.50. The standard InChI is InChI=1S/C25H31N3O4/c1-19-11-14-26(15-12-19)17-20-6-5-13-27(18-20)25(29)23-16-21(28(30)31)9-10-24(23)32-22-7-3-2-4-8-22/h2-4,7-10,16,19-20H,5-6,11-15,17-18H2,1H3. The molecule has 0 aromatic heterocycles. The van der Waals surface area contributed by atoms with Crippen LogP contribution < -0.4 is 4.74 Å². The van der Waals surface area contributed by atoms with Crippen LogP contribution in [0.15, 0.2) is 48.5 Å². The van der Waals surface area contributed by atoms with Crippen LogP contribution in [0.5, 0.6) is 11.5 Å². The maximum atomic E-state index is 13.5. The number of hydrogen-bond donors (Lipinski definition) is 0. The van der Waals surface area contributed by atoms with E-state index in [-0.39, 0.29) is 17.2 Å². The van der Waals surface area contributed by atoms with Gasteiger partial charge in [0, 0.05) is 31.8 Å². The van der Waals surface area contributed by atoms with Gasteiger partial charge >= 0.3 is 0 Å². The highest BCUT2D eigenvalue weighted by atomic mass is 16.6. The summed E-state index contributed by atoms with van der Waals surface area (Å²) in [6, 6.07) is 13.4. The minimum absolute atomic E-state index is 0.107. The molecule has 0 bridgehead atoms. The van der Waals surface area contributed by atoms with E-state index in [4.69, 9.17) is 4.74 Å². The molecule has 170 valence electrons. The first-order valence-corrected chi connectivity index (χ1v) is 11.5. The Morgan fingerprint density at radius 1 is 1.09 bits per heavy atom. The van der Waals surface area contributed by atoms with E-state index < -0.39 is 4.92 Å². The molecule has 2 aliphatic rings. The van der Waals surface area contributed by atoms with Crippen molar-refractivity contribution in [3.05, 3.63) is 64.2 Å². The number of nitro groups is 1. The first-order chi connectivity index (χ1) is 15.5. The monoisotopic (exact) mass is 437 g/mol. The maximum absolute atomic E-state index is 13.5. The van der Waals surface area contributed by atoms with Gasteiger partial charge in [0.1, 0.15) is 11.5 Å². The van der Waals surface area contributed by atoms with E-state index >= 15 is 0 Å². The molecular weight excluding hydrogens is 406 g/mol. The molecule has 1 unspecified atom stereocenters. The van der Waals surface area contributed by atoms with Gasteiger partial charge in [-0.3, -0.25) is 14.9 Å². The SMILES string of the molecule is CC1CCN(CC2CCCN(C(=O)c3cc([N+](=O)[O-])ccc3Oc3ccccc3)C2)CC1. The largest absolute Gasteiger partial charge is 0.457 e. The second-order valence-corrected chi connectivity index (χ2v) is 9.10. The quantitative estimate of drug-likeness (QED) is 0.471. The van der Waals surface area contributed by atoms with Gasteiger partial charge < -0.3 is 14.5 Å². The number of ether oxygens (including phenoxy) is 1. The van der Waals surface area contributed by atoms with E-state index in [0.717, 1.165) is 38.4 Å². The molecule has 1 amide bonds. The summed E-state index contributed by atoms with van der Waals surface area (Å²) in [6.07, 6.45) is 4.54. The third-order valence-corrected chi connectivity index (χ3v) is 6.57. The minimum atomic E-state index is -0.473. The fraction of sp³-hybridized carbons (Fsp3) is 0.480. The van der Waals surface area contributed by atoms with Gasteiger partial charge in [-0.15, -0.1) is 0 Å². The Hall–Kier alpha value is -2.93. The minimum Gasteiger partial charge on any atom is -0.457 e. The fourth-order valence-electron chi connectivity index (χ4n) is 4.68. The highest BCUT2D eigenvalue weighted by Gasteiger charge is 2.29. The Labute approximate surface area is 189 Å². The van der Waals surface area contributed by atoms with Crippen LogP contribution in [0, 0.1) is 22.0 Å². The van der Waals surface area contributed by atoms with Crippen LogP contribution in [0.4, 0.5) is 5.69 Å². The van der Waals surface area contributed by atoms with E-state index in [1.54, 1.807) is 12.1 Å². The molecule has 0 N–H and O–H groups in total. The molecule has 0 spiro atoms. The zero-order valence-corrected chi connectivity index (χ0v) is 18.6. The molecule has 2 saturated heterocycles. The summed E-state index contributed by atoms with van der Waals surface area (Å²) in [6.45, 7) is 6.93. The van der Waals surface area contributed by atoms with Crippen molar-refractivity contribution >= 4 is 11.6 Å². The van der Waals surface area contributed by atoms with Crippen molar-refractivity contribution < 1.29 is 14.5 Å². The van der Waals surface area contributed by atoms with Crippen LogP contribution in [-0.2, 0) is 0 Å². The van der Waals surface area contributed by atoms with Crippen LogP contribution in [0.3, 0.4) is 0 Å². The predicted octanol–water partition coefficient (Wildman–Crippen LogP) is 4.97. The summed E-state index contributed by atoms with van der Waals surface area (Å²) in [5.41, 5.74) is 0.139. The number of rotatable bonds is 6. The van der Waals surface area contributed by atoms with Crippen molar-refractivity contribution in [1.82, 2.24) is 9.80 Å². The van der Waals surface area contributed by atoms with Crippen molar-refractivity contribution in [2.75, 3.05) is 32.7 Å². The highest BCUT2D eigenvalue weighted by Crippen LogP contribution is 2.31. The Bertz CT molecular complexity index is 941. The van der Waals surface area contributed by atoms with Gasteiger partial charge in [-0.25, -0.2) is 0 Å². The Morgan fingerprint density at radius 3 is 2.56 bits per heavy atom. The number of amides is 1. The van der Waals surface area contributed by atoms with Gasteiger partial charge in [-0.05, 0) is 68.8 Å². The van der Waals surface area contributed by atoms with Gasteiger partial charge in [0.15, 0.2) is 0 Å². The van der Waals surface area contributed by atoms with Crippen LogP contribution >= 0.6 is 0 Å². The average Bonchev–Trinajstić information content (AvgIpc) is 2.81. The smallest absolute Gasteiger partial charge is 0.270 e. The first kappa shape index (κ1) is 22.3. The normalized spacial score (nSPS) is 20.2. The Kier molecular flexibility index (Phi) is 7.05. The fourth-order valence-corrected chi connectivity index (χ4v) is 4.68. The van der Waals surface area contributed by atoms with Crippen LogP contribution in [0.1, 0.15) is 43.0 Å². The van der Waals surface area contributed by atoms with Crippen LogP contribution in [-0.4, -0.2) is 53.4 Å². The summed E-state index contributed by atoms with van der Waals surface area (Å²) in [7, 11) is 0. The molecule has 32 heavy (non-hydrogen) atoms. The summed E-state index contributed by atoms with van der Waals surface area (Å²) < 4.78 is 5.94. The molecule has 4 rings (SSSR count). The van der Waals surface area contributed by atoms with Gasteiger partial charge in [-0.1, -0.05) is 25.1 Å². The van der Waals surface area contributed by atoms with Gasteiger partial charge in [-0.2, -0.15) is 0 Å². The number of piperidine rings is 2. The van der Waals surface area contributed by atoms with Crippen molar-refractivity contribution in [2.24, 2.45) is 11.8 Å². The number of nitrogens with zero attached hydrogens (tertiary/aromatic N) is 3. The van der Waals surface area contributed by atoms with Crippen LogP contribution in [0.25, 0.3) is 0 Å². The number of carbonyl (C=O) groups excluding carboxylic acids is 1. The molecule has 1 atom stereocenters. The third-order valence-electron chi connectivity index (χ3n) is 6.57. The van der Waals surface area contributed by atoms with E-state index in [2.05, 4.69) is 11.8 Å². The predicted molar refractivity (Wildman–Crippen MR) is 123 cm³/mol. The lowest BCUT2D eigenvalue weighted by Gasteiger charge is -2.38.